The maximum atomic E-state index is 8.68. The largest absolute Gasteiger partial charge is 0.475 e. The van der Waals surface area contributed by atoms with Crippen LogP contribution in [0.15, 0.2) is 22.7 Å². The average molecular weight is 282 g/mol. The minimum atomic E-state index is -0.434. The summed E-state index contributed by atoms with van der Waals surface area (Å²) < 4.78 is 6.34. The average Bonchev–Trinajstić information content (AvgIpc) is 2.19. The van der Waals surface area contributed by atoms with Gasteiger partial charge >= 0.3 is 0 Å². The molecule has 2 nitrogen and oxygen atoms in total. The van der Waals surface area contributed by atoms with Crippen molar-refractivity contribution in [3.8, 4) is 11.8 Å². The Bertz CT molecular complexity index is 415. The number of benzene rings is 1. The van der Waals surface area contributed by atoms with Gasteiger partial charge in [-0.15, -0.1) is 0 Å². The lowest BCUT2D eigenvalue weighted by molar-refractivity contribution is 0.274. The number of ether oxygens (including phenoxy) is 1. The standard InChI is InChI=1S/C13H16BrNO/c1-9(8-15)16-12-6-5-10(7-11(12)14)13(2,3)4/h5-7,9H,1-4H3. The molecule has 1 atom stereocenters. The zero-order chi connectivity index (χ0) is 12.3. The molecule has 0 heterocycles. The van der Waals surface area contributed by atoms with Crippen LogP contribution in [0.1, 0.15) is 33.3 Å². The van der Waals surface area contributed by atoms with Gasteiger partial charge < -0.3 is 4.74 Å². The van der Waals surface area contributed by atoms with Crippen LogP contribution < -0.4 is 4.74 Å². The van der Waals surface area contributed by atoms with E-state index in [4.69, 9.17) is 10.00 Å². The second kappa shape index (κ2) is 4.88. The molecule has 0 radical (unpaired) electrons. The molecule has 0 saturated heterocycles. The van der Waals surface area contributed by atoms with E-state index in [0.29, 0.717) is 5.75 Å². The molecule has 0 amide bonds. The van der Waals surface area contributed by atoms with Crippen LogP contribution in [0, 0.1) is 11.3 Å². The molecule has 3 heteroatoms. The van der Waals surface area contributed by atoms with Gasteiger partial charge in [-0.1, -0.05) is 26.8 Å². The lowest BCUT2D eigenvalue weighted by Gasteiger charge is -2.20. The molecule has 0 saturated carbocycles. The van der Waals surface area contributed by atoms with Crippen molar-refractivity contribution < 1.29 is 4.74 Å². The Morgan fingerprint density at radius 2 is 2.00 bits per heavy atom. The van der Waals surface area contributed by atoms with Gasteiger partial charge in [-0.3, -0.25) is 0 Å². The van der Waals surface area contributed by atoms with Gasteiger partial charge in [-0.05, 0) is 46.0 Å². The molecule has 0 spiro atoms. The van der Waals surface area contributed by atoms with E-state index in [1.54, 1.807) is 6.92 Å². The molecule has 1 aromatic rings. The summed E-state index contributed by atoms with van der Waals surface area (Å²) in [6.07, 6.45) is -0.434. The number of nitriles is 1. The quantitative estimate of drug-likeness (QED) is 0.820. The van der Waals surface area contributed by atoms with Crippen molar-refractivity contribution in [1.82, 2.24) is 0 Å². The maximum absolute atomic E-state index is 8.68. The predicted octanol–water partition coefficient (Wildman–Crippen LogP) is 4.04. The Hall–Kier alpha value is -1.01. The number of nitrogens with zero attached hydrogens (tertiary/aromatic N) is 1. The summed E-state index contributed by atoms with van der Waals surface area (Å²) in [6, 6.07) is 8.02. The second-order valence-corrected chi connectivity index (χ2v) is 5.64. The highest BCUT2D eigenvalue weighted by Crippen LogP contribution is 2.31. The Morgan fingerprint density at radius 3 is 2.44 bits per heavy atom. The Kier molecular flexibility index (Phi) is 3.98. The van der Waals surface area contributed by atoms with E-state index in [0.717, 1.165) is 4.47 Å². The van der Waals surface area contributed by atoms with E-state index in [1.165, 1.54) is 5.56 Å². The molecule has 0 bridgehead atoms. The monoisotopic (exact) mass is 281 g/mol. The van der Waals surface area contributed by atoms with Crippen molar-refractivity contribution in [1.29, 1.82) is 5.26 Å². The van der Waals surface area contributed by atoms with Crippen LogP contribution in [-0.2, 0) is 5.41 Å². The summed E-state index contributed by atoms with van der Waals surface area (Å²) >= 11 is 3.46. The van der Waals surface area contributed by atoms with E-state index in [-0.39, 0.29) is 5.41 Å². The third-order valence-corrected chi connectivity index (χ3v) is 2.90. The molecule has 0 aliphatic carbocycles. The normalized spacial score (nSPS) is 13.0. The van der Waals surface area contributed by atoms with Crippen LogP contribution in [0.3, 0.4) is 0 Å². The van der Waals surface area contributed by atoms with Gasteiger partial charge in [0.25, 0.3) is 0 Å². The highest BCUT2D eigenvalue weighted by atomic mass is 79.9. The highest BCUT2D eigenvalue weighted by Gasteiger charge is 2.15. The fourth-order valence-electron chi connectivity index (χ4n) is 1.28. The van der Waals surface area contributed by atoms with Crippen molar-refractivity contribution in [2.45, 2.75) is 39.2 Å². The summed E-state index contributed by atoms with van der Waals surface area (Å²) in [4.78, 5) is 0. The molecule has 0 aliphatic heterocycles. The summed E-state index contributed by atoms with van der Waals surface area (Å²) in [5.74, 6) is 0.710. The Labute approximate surface area is 105 Å². The molecule has 16 heavy (non-hydrogen) atoms. The summed E-state index contributed by atoms with van der Waals surface area (Å²) in [7, 11) is 0. The van der Waals surface area contributed by atoms with E-state index >= 15 is 0 Å². The van der Waals surface area contributed by atoms with Gasteiger partial charge in [0.2, 0.25) is 0 Å². The topological polar surface area (TPSA) is 33.0 Å². The number of hydrogen-bond donors (Lipinski definition) is 0. The minimum Gasteiger partial charge on any atom is -0.475 e. The first-order valence-corrected chi connectivity index (χ1v) is 6.00. The zero-order valence-corrected chi connectivity index (χ0v) is 11.6. The molecule has 1 aromatic carbocycles. The fourth-order valence-corrected chi connectivity index (χ4v) is 1.75. The summed E-state index contributed by atoms with van der Waals surface area (Å²) in [5, 5.41) is 8.68. The molecule has 86 valence electrons. The number of halogens is 1. The van der Waals surface area contributed by atoms with Crippen molar-refractivity contribution >= 4 is 15.9 Å². The van der Waals surface area contributed by atoms with Gasteiger partial charge in [0.05, 0.1) is 4.47 Å². The van der Waals surface area contributed by atoms with Gasteiger partial charge in [-0.2, -0.15) is 5.26 Å². The molecule has 0 aliphatic rings. The van der Waals surface area contributed by atoms with Crippen LogP contribution in [0.2, 0.25) is 0 Å². The summed E-state index contributed by atoms with van der Waals surface area (Å²) in [6.45, 7) is 8.21. The highest BCUT2D eigenvalue weighted by molar-refractivity contribution is 9.10. The van der Waals surface area contributed by atoms with Crippen LogP contribution in [-0.4, -0.2) is 6.10 Å². The van der Waals surface area contributed by atoms with Crippen molar-refractivity contribution in [2.75, 3.05) is 0 Å². The zero-order valence-electron chi connectivity index (χ0n) is 10.0. The van der Waals surface area contributed by atoms with Crippen LogP contribution in [0.5, 0.6) is 5.75 Å². The van der Waals surface area contributed by atoms with E-state index < -0.39 is 6.10 Å². The lowest BCUT2D eigenvalue weighted by Crippen LogP contribution is -2.12. The number of rotatable bonds is 2. The first-order valence-electron chi connectivity index (χ1n) is 5.21. The van der Waals surface area contributed by atoms with Gasteiger partial charge in [0.1, 0.15) is 11.8 Å². The first-order chi connectivity index (χ1) is 7.34. The van der Waals surface area contributed by atoms with Crippen molar-refractivity contribution in [3.05, 3.63) is 28.2 Å². The minimum absolute atomic E-state index is 0.113. The third kappa shape index (κ3) is 3.24. The SMILES string of the molecule is CC(C#N)Oc1ccc(C(C)(C)C)cc1Br. The first kappa shape index (κ1) is 13.1. The Balaban J connectivity index is 2.97. The Morgan fingerprint density at radius 1 is 1.38 bits per heavy atom. The van der Waals surface area contributed by atoms with Crippen LogP contribution >= 0.6 is 15.9 Å². The molecule has 1 unspecified atom stereocenters. The molecule has 0 N–H and O–H groups in total. The predicted molar refractivity (Wildman–Crippen MR) is 68.5 cm³/mol. The van der Waals surface area contributed by atoms with Crippen LogP contribution in [0.25, 0.3) is 0 Å². The smallest absolute Gasteiger partial charge is 0.181 e. The molecule has 0 aromatic heterocycles. The maximum Gasteiger partial charge on any atom is 0.181 e. The summed E-state index contributed by atoms with van der Waals surface area (Å²) in [5.41, 5.74) is 1.35. The molecule has 1 rings (SSSR count). The van der Waals surface area contributed by atoms with Gasteiger partial charge in [0, 0.05) is 0 Å². The van der Waals surface area contributed by atoms with Crippen molar-refractivity contribution in [3.63, 3.8) is 0 Å². The van der Waals surface area contributed by atoms with Gasteiger partial charge in [0.15, 0.2) is 6.10 Å². The van der Waals surface area contributed by atoms with Gasteiger partial charge in [-0.25, -0.2) is 0 Å². The van der Waals surface area contributed by atoms with Crippen LogP contribution in [0.4, 0.5) is 0 Å². The van der Waals surface area contributed by atoms with E-state index in [1.807, 2.05) is 24.3 Å². The van der Waals surface area contributed by atoms with Crippen molar-refractivity contribution in [2.24, 2.45) is 0 Å². The molecular formula is C13H16BrNO. The third-order valence-electron chi connectivity index (χ3n) is 2.28. The molecule has 0 fully saturated rings. The lowest BCUT2D eigenvalue weighted by atomic mass is 9.87. The fraction of sp³-hybridized carbons (Fsp3) is 0.462. The second-order valence-electron chi connectivity index (χ2n) is 4.78. The van der Waals surface area contributed by atoms with E-state index in [9.17, 15) is 0 Å². The molecular weight excluding hydrogens is 266 g/mol. The van der Waals surface area contributed by atoms with E-state index in [2.05, 4.69) is 36.7 Å². The number of hydrogen-bond acceptors (Lipinski definition) is 2.